The number of hydrogen-bond acceptors (Lipinski definition) is 5. The molecule has 27 heavy (non-hydrogen) atoms. The molecule has 2 N–H and O–H groups in total. The lowest BCUT2D eigenvalue weighted by atomic mass is 10.2. The number of carbonyl (C=O) groups excluding carboxylic acids is 2. The zero-order chi connectivity index (χ0) is 19.6. The van der Waals surface area contributed by atoms with Gasteiger partial charge in [-0.1, -0.05) is 40.7 Å². The van der Waals surface area contributed by atoms with Gasteiger partial charge in [0.2, 0.25) is 0 Å². The molecule has 2 amide bonds. The van der Waals surface area contributed by atoms with Crippen LogP contribution in [0, 0.1) is 0 Å². The largest absolute Gasteiger partial charge is 0.495 e. The Morgan fingerprint density at radius 2 is 1.96 bits per heavy atom. The third-order valence-corrected chi connectivity index (χ3v) is 3.75. The molecule has 0 aliphatic rings. The van der Waals surface area contributed by atoms with Crippen LogP contribution in [0.1, 0.15) is 5.56 Å². The predicted octanol–water partition coefficient (Wildman–Crippen LogP) is 3.11. The standard InChI is InChI=1S/C19H18BrN3O4/c1-3-10-27-16-9-8-14(20)11-13(16)12-21-23-19(25)18(24)22-15-6-4-5-7-17(15)26-2/h3-9,11-12H,1,10H2,2H3,(H,22,24)(H,23,25)/b21-12-. The third kappa shape index (κ3) is 5.96. The second kappa shape index (κ2) is 10.1. The highest BCUT2D eigenvalue weighted by atomic mass is 79.9. The molecule has 0 radical (unpaired) electrons. The Hall–Kier alpha value is -3.13. The minimum Gasteiger partial charge on any atom is -0.495 e. The van der Waals surface area contributed by atoms with Crippen molar-refractivity contribution in [2.75, 3.05) is 19.0 Å². The Morgan fingerprint density at radius 1 is 1.19 bits per heavy atom. The fraction of sp³-hybridized carbons (Fsp3) is 0.105. The van der Waals surface area contributed by atoms with Crippen LogP contribution in [0.3, 0.4) is 0 Å². The number of rotatable bonds is 7. The Labute approximate surface area is 165 Å². The summed E-state index contributed by atoms with van der Waals surface area (Å²) in [5.74, 6) is -0.774. The van der Waals surface area contributed by atoms with E-state index >= 15 is 0 Å². The third-order valence-electron chi connectivity index (χ3n) is 3.26. The molecule has 0 aromatic heterocycles. The lowest BCUT2D eigenvalue weighted by Crippen LogP contribution is -2.32. The van der Waals surface area contributed by atoms with E-state index in [1.54, 1.807) is 42.5 Å². The van der Waals surface area contributed by atoms with Crippen LogP contribution < -0.4 is 20.2 Å². The maximum Gasteiger partial charge on any atom is 0.329 e. The average molecular weight is 432 g/mol. The van der Waals surface area contributed by atoms with Gasteiger partial charge in [0.15, 0.2) is 0 Å². The molecule has 0 saturated carbocycles. The molecule has 2 aromatic rings. The van der Waals surface area contributed by atoms with Crippen molar-refractivity contribution < 1.29 is 19.1 Å². The van der Waals surface area contributed by atoms with E-state index in [-0.39, 0.29) is 0 Å². The highest BCUT2D eigenvalue weighted by molar-refractivity contribution is 9.10. The van der Waals surface area contributed by atoms with E-state index in [9.17, 15) is 9.59 Å². The van der Waals surface area contributed by atoms with Gasteiger partial charge in [-0.2, -0.15) is 5.10 Å². The van der Waals surface area contributed by atoms with E-state index in [1.807, 2.05) is 6.07 Å². The van der Waals surface area contributed by atoms with Gasteiger partial charge >= 0.3 is 11.8 Å². The van der Waals surface area contributed by atoms with E-state index in [2.05, 4.69) is 38.4 Å². The summed E-state index contributed by atoms with van der Waals surface area (Å²) >= 11 is 3.36. The SMILES string of the molecule is C=CCOc1ccc(Br)cc1/C=N\NC(=O)C(=O)Nc1ccccc1OC. The molecule has 0 fully saturated rings. The summed E-state index contributed by atoms with van der Waals surface area (Å²) in [5, 5.41) is 6.28. The van der Waals surface area contributed by atoms with Gasteiger partial charge in [0.05, 0.1) is 19.0 Å². The Balaban J connectivity index is 2.01. The highest BCUT2D eigenvalue weighted by Crippen LogP contribution is 2.23. The van der Waals surface area contributed by atoms with E-state index in [4.69, 9.17) is 9.47 Å². The summed E-state index contributed by atoms with van der Waals surface area (Å²) in [7, 11) is 1.47. The summed E-state index contributed by atoms with van der Waals surface area (Å²) in [6, 6.07) is 12.1. The molecule has 0 atom stereocenters. The van der Waals surface area contributed by atoms with Crippen molar-refractivity contribution in [1.82, 2.24) is 5.43 Å². The summed E-state index contributed by atoms with van der Waals surface area (Å²) < 4.78 is 11.4. The van der Waals surface area contributed by atoms with Crippen molar-refractivity contribution >= 4 is 39.6 Å². The predicted molar refractivity (Wildman–Crippen MR) is 107 cm³/mol. The van der Waals surface area contributed by atoms with Crippen molar-refractivity contribution in [2.24, 2.45) is 5.10 Å². The van der Waals surface area contributed by atoms with Crippen LogP contribution in [-0.2, 0) is 9.59 Å². The van der Waals surface area contributed by atoms with E-state index in [0.29, 0.717) is 29.4 Å². The number of carbonyl (C=O) groups is 2. The lowest BCUT2D eigenvalue weighted by Gasteiger charge is -2.09. The van der Waals surface area contributed by atoms with E-state index in [0.717, 1.165) is 4.47 Å². The fourth-order valence-corrected chi connectivity index (χ4v) is 2.42. The first kappa shape index (κ1) is 20.2. The van der Waals surface area contributed by atoms with Gasteiger partial charge in [0.25, 0.3) is 0 Å². The van der Waals surface area contributed by atoms with Crippen molar-refractivity contribution in [3.63, 3.8) is 0 Å². The highest BCUT2D eigenvalue weighted by Gasteiger charge is 2.15. The van der Waals surface area contributed by atoms with Gasteiger partial charge in [-0.3, -0.25) is 9.59 Å². The molecule has 7 nitrogen and oxygen atoms in total. The molecule has 2 rings (SSSR count). The van der Waals surface area contributed by atoms with Crippen molar-refractivity contribution in [1.29, 1.82) is 0 Å². The molecule has 0 aliphatic heterocycles. The number of methoxy groups -OCH3 is 1. The molecule has 0 bridgehead atoms. The van der Waals surface area contributed by atoms with Gasteiger partial charge in [-0.15, -0.1) is 0 Å². The molecule has 140 valence electrons. The van der Waals surface area contributed by atoms with Crippen LogP contribution in [0.5, 0.6) is 11.5 Å². The number of halogens is 1. The Morgan fingerprint density at radius 3 is 2.70 bits per heavy atom. The number of para-hydroxylation sites is 2. The Kier molecular flexibility index (Phi) is 7.57. The smallest absolute Gasteiger partial charge is 0.329 e. The number of anilines is 1. The summed E-state index contributed by atoms with van der Waals surface area (Å²) in [5.41, 5.74) is 3.19. The molecule has 0 heterocycles. The second-order valence-electron chi connectivity index (χ2n) is 5.14. The monoisotopic (exact) mass is 431 g/mol. The molecule has 0 spiro atoms. The molecular formula is C19H18BrN3O4. The fourth-order valence-electron chi connectivity index (χ4n) is 2.04. The quantitative estimate of drug-likeness (QED) is 0.305. The van der Waals surface area contributed by atoms with E-state index < -0.39 is 11.8 Å². The normalized spacial score (nSPS) is 10.3. The number of hydrazone groups is 1. The number of nitrogens with one attached hydrogen (secondary N) is 2. The minimum absolute atomic E-state index is 0.330. The van der Waals surface area contributed by atoms with E-state index in [1.165, 1.54) is 13.3 Å². The molecular weight excluding hydrogens is 414 g/mol. The van der Waals surface area contributed by atoms with Gasteiger partial charge in [-0.25, -0.2) is 5.43 Å². The van der Waals surface area contributed by atoms with Crippen molar-refractivity contribution in [3.8, 4) is 11.5 Å². The van der Waals surface area contributed by atoms with Crippen LogP contribution >= 0.6 is 15.9 Å². The summed E-state index contributed by atoms with van der Waals surface area (Å²) in [4.78, 5) is 23.9. The summed E-state index contributed by atoms with van der Waals surface area (Å²) in [6.07, 6.45) is 3.00. The Bertz CT molecular complexity index is 868. The van der Waals surface area contributed by atoms with Crippen LogP contribution in [0.25, 0.3) is 0 Å². The minimum atomic E-state index is -0.916. The zero-order valence-electron chi connectivity index (χ0n) is 14.6. The first-order chi connectivity index (χ1) is 13.0. The second-order valence-corrected chi connectivity index (χ2v) is 6.05. The average Bonchev–Trinajstić information content (AvgIpc) is 2.67. The number of hydrogen-bond donors (Lipinski definition) is 2. The van der Waals surface area contributed by atoms with Crippen LogP contribution in [0.4, 0.5) is 5.69 Å². The maximum atomic E-state index is 12.0. The molecule has 0 aliphatic carbocycles. The van der Waals surface area contributed by atoms with Gasteiger partial charge in [0.1, 0.15) is 18.1 Å². The zero-order valence-corrected chi connectivity index (χ0v) is 16.2. The topological polar surface area (TPSA) is 89.0 Å². The number of benzene rings is 2. The maximum absolute atomic E-state index is 12.0. The molecule has 0 saturated heterocycles. The van der Waals surface area contributed by atoms with Gasteiger partial charge < -0.3 is 14.8 Å². The summed E-state index contributed by atoms with van der Waals surface area (Å²) in [6.45, 7) is 3.93. The molecule has 0 unspecified atom stereocenters. The van der Waals surface area contributed by atoms with Crippen LogP contribution in [-0.4, -0.2) is 31.7 Å². The van der Waals surface area contributed by atoms with Crippen molar-refractivity contribution in [3.05, 3.63) is 65.2 Å². The molecule has 8 heteroatoms. The number of amides is 2. The van der Waals surface area contributed by atoms with Crippen LogP contribution in [0.2, 0.25) is 0 Å². The first-order valence-electron chi connectivity index (χ1n) is 7.85. The van der Waals surface area contributed by atoms with Gasteiger partial charge in [-0.05, 0) is 30.3 Å². The first-order valence-corrected chi connectivity index (χ1v) is 8.65. The van der Waals surface area contributed by atoms with Gasteiger partial charge in [0, 0.05) is 10.0 Å². The number of nitrogens with zero attached hydrogens (tertiary/aromatic N) is 1. The molecule has 2 aromatic carbocycles. The number of ether oxygens (including phenoxy) is 2. The lowest BCUT2D eigenvalue weighted by molar-refractivity contribution is -0.136. The van der Waals surface area contributed by atoms with Crippen molar-refractivity contribution in [2.45, 2.75) is 0 Å². The van der Waals surface area contributed by atoms with Crippen LogP contribution in [0.15, 0.2) is 64.7 Å².